The van der Waals surface area contributed by atoms with Crippen LogP contribution in [-0.2, 0) is 14.9 Å². The predicted octanol–water partition coefficient (Wildman–Crippen LogP) is 3.87. The molecule has 0 unspecified atom stereocenters. The molecule has 0 aromatic heterocycles. The number of rotatable bonds is 4. The minimum Gasteiger partial charge on any atom is -0.465 e. The fraction of sp³-hybridized carbons (Fsp3) is 0.667. The van der Waals surface area contributed by atoms with E-state index in [2.05, 4.69) is 26.1 Å². The molecule has 1 aromatic carbocycles. The van der Waals surface area contributed by atoms with Gasteiger partial charge in [0.05, 0.1) is 12.5 Å². The van der Waals surface area contributed by atoms with Gasteiger partial charge in [0.15, 0.2) is 0 Å². The molecule has 1 fully saturated rings. The van der Waals surface area contributed by atoms with Gasteiger partial charge in [0, 0.05) is 4.92 Å². The van der Waals surface area contributed by atoms with Crippen LogP contribution in [0.5, 0.6) is 0 Å². The second-order valence-electron chi connectivity index (χ2n) is 9.42. The van der Waals surface area contributed by atoms with Crippen molar-refractivity contribution >= 4 is 5.97 Å². The Labute approximate surface area is 161 Å². The molecule has 0 spiro atoms. The average molecular weight is 376 g/mol. The first kappa shape index (κ1) is 21.4. The Bertz CT molecular complexity index is 703. The summed E-state index contributed by atoms with van der Waals surface area (Å²) in [5.74, 6) is -0.895. The summed E-state index contributed by atoms with van der Waals surface area (Å²) in [5, 5.41) is 15.3. The monoisotopic (exact) mass is 376 g/mol. The van der Waals surface area contributed by atoms with Crippen molar-refractivity contribution in [2.75, 3.05) is 6.61 Å². The number of carbonyl (C=O) groups is 1. The van der Waals surface area contributed by atoms with Gasteiger partial charge >= 0.3 is 5.97 Å². The summed E-state index contributed by atoms with van der Waals surface area (Å²) in [6.07, 6.45) is 0. The molecule has 2 rings (SSSR count). The lowest BCUT2D eigenvalue weighted by Gasteiger charge is -2.31. The molecule has 0 radical (unpaired) electrons. The van der Waals surface area contributed by atoms with Crippen LogP contribution < -0.4 is 5.32 Å². The molecule has 0 aliphatic carbocycles. The zero-order valence-electron chi connectivity index (χ0n) is 17.4. The Morgan fingerprint density at radius 1 is 1.22 bits per heavy atom. The topological polar surface area (TPSA) is 81.5 Å². The first-order valence-corrected chi connectivity index (χ1v) is 9.54. The number of hydrogen-bond donors (Lipinski definition) is 1. The van der Waals surface area contributed by atoms with Crippen LogP contribution in [0, 0.1) is 21.4 Å². The van der Waals surface area contributed by atoms with Gasteiger partial charge in [0.2, 0.25) is 6.04 Å². The quantitative estimate of drug-likeness (QED) is 0.490. The maximum atomic E-state index is 12.6. The van der Waals surface area contributed by atoms with Crippen LogP contribution in [0.1, 0.15) is 65.6 Å². The van der Waals surface area contributed by atoms with Crippen molar-refractivity contribution in [3.8, 4) is 0 Å². The number of benzene rings is 1. The lowest BCUT2D eigenvalue weighted by atomic mass is 9.72. The Morgan fingerprint density at radius 2 is 1.85 bits per heavy atom. The summed E-state index contributed by atoms with van der Waals surface area (Å²) < 4.78 is 5.22. The highest BCUT2D eigenvalue weighted by atomic mass is 16.6. The van der Waals surface area contributed by atoms with Crippen LogP contribution in [0.3, 0.4) is 0 Å². The van der Waals surface area contributed by atoms with E-state index in [1.807, 2.05) is 45.0 Å². The van der Waals surface area contributed by atoms with E-state index >= 15 is 0 Å². The number of nitrogens with zero attached hydrogens (tertiary/aromatic N) is 1. The van der Waals surface area contributed by atoms with E-state index < -0.39 is 35.4 Å². The van der Waals surface area contributed by atoms with Crippen LogP contribution in [0.25, 0.3) is 0 Å². The maximum absolute atomic E-state index is 12.6. The summed E-state index contributed by atoms with van der Waals surface area (Å²) in [5.41, 5.74) is 1.45. The summed E-state index contributed by atoms with van der Waals surface area (Å²) in [6, 6.07) is 5.72. The third-order valence-electron chi connectivity index (χ3n) is 5.32. The normalized spacial score (nSPS) is 26.0. The summed E-state index contributed by atoms with van der Waals surface area (Å²) in [6.45, 7) is 14.1. The van der Waals surface area contributed by atoms with Crippen molar-refractivity contribution in [3.05, 3.63) is 45.5 Å². The summed E-state index contributed by atoms with van der Waals surface area (Å²) in [7, 11) is 0. The third-order valence-corrected chi connectivity index (χ3v) is 5.32. The molecule has 6 nitrogen and oxygen atoms in total. The van der Waals surface area contributed by atoms with Gasteiger partial charge in [-0.1, -0.05) is 65.8 Å². The number of ether oxygens (including phenoxy) is 1. The van der Waals surface area contributed by atoms with Crippen LogP contribution in [0.2, 0.25) is 0 Å². The molecule has 1 aliphatic heterocycles. The third kappa shape index (κ3) is 4.49. The number of esters is 1. The van der Waals surface area contributed by atoms with Gasteiger partial charge in [0.1, 0.15) is 12.1 Å². The van der Waals surface area contributed by atoms with E-state index in [1.54, 1.807) is 6.92 Å². The molecule has 1 heterocycles. The molecule has 27 heavy (non-hydrogen) atoms. The molecule has 150 valence electrons. The minimum atomic E-state index is -0.908. The fourth-order valence-corrected chi connectivity index (χ4v) is 4.00. The maximum Gasteiger partial charge on any atom is 0.323 e. The van der Waals surface area contributed by atoms with E-state index in [9.17, 15) is 14.9 Å². The number of nitro groups is 1. The van der Waals surface area contributed by atoms with Gasteiger partial charge in [-0.25, -0.2) is 0 Å². The van der Waals surface area contributed by atoms with Crippen molar-refractivity contribution in [2.45, 2.75) is 72.0 Å². The molecule has 1 aliphatic rings. The first-order valence-electron chi connectivity index (χ1n) is 9.54. The van der Waals surface area contributed by atoms with Crippen molar-refractivity contribution < 1.29 is 14.5 Å². The van der Waals surface area contributed by atoms with Crippen molar-refractivity contribution in [1.82, 2.24) is 5.32 Å². The molecule has 0 saturated carbocycles. The predicted molar refractivity (Wildman–Crippen MR) is 105 cm³/mol. The summed E-state index contributed by atoms with van der Waals surface area (Å²) >= 11 is 0. The van der Waals surface area contributed by atoms with E-state index in [0.717, 1.165) is 11.1 Å². The van der Waals surface area contributed by atoms with Crippen LogP contribution in [0.4, 0.5) is 0 Å². The lowest BCUT2D eigenvalue weighted by molar-refractivity contribution is -0.535. The number of hydrogen-bond acceptors (Lipinski definition) is 5. The molecule has 6 heteroatoms. The van der Waals surface area contributed by atoms with Crippen molar-refractivity contribution in [2.24, 2.45) is 11.3 Å². The van der Waals surface area contributed by atoms with E-state index in [-0.39, 0.29) is 16.9 Å². The van der Waals surface area contributed by atoms with Crippen molar-refractivity contribution in [3.63, 3.8) is 0 Å². The molecular weight excluding hydrogens is 344 g/mol. The van der Waals surface area contributed by atoms with Gasteiger partial charge in [-0.3, -0.25) is 20.2 Å². The molecule has 0 amide bonds. The van der Waals surface area contributed by atoms with Gasteiger partial charge < -0.3 is 4.74 Å². The van der Waals surface area contributed by atoms with E-state index in [4.69, 9.17) is 4.74 Å². The minimum absolute atomic E-state index is 0.0668. The number of carbonyl (C=O) groups excluding carboxylic acids is 1. The Balaban J connectivity index is 2.53. The van der Waals surface area contributed by atoms with Gasteiger partial charge in [-0.05, 0) is 28.9 Å². The van der Waals surface area contributed by atoms with E-state index in [1.165, 1.54) is 0 Å². The van der Waals surface area contributed by atoms with Gasteiger partial charge in [0.25, 0.3) is 0 Å². The molecule has 1 saturated heterocycles. The second kappa shape index (κ2) is 7.58. The van der Waals surface area contributed by atoms with Crippen LogP contribution in [-0.4, -0.2) is 29.6 Å². The fourth-order valence-electron chi connectivity index (χ4n) is 4.00. The average Bonchev–Trinajstić information content (AvgIpc) is 2.95. The highest BCUT2D eigenvalue weighted by Gasteiger charge is 2.58. The van der Waals surface area contributed by atoms with Gasteiger partial charge in [-0.2, -0.15) is 0 Å². The largest absolute Gasteiger partial charge is 0.465 e. The molecule has 1 aromatic rings. The Kier molecular flexibility index (Phi) is 6.00. The van der Waals surface area contributed by atoms with Crippen LogP contribution >= 0.6 is 0 Å². The molecular formula is C21H32N2O4. The highest BCUT2D eigenvalue weighted by molar-refractivity contribution is 5.77. The lowest BCUT2D eigenvalue weighted by Crippen LogP contribution is -2.45. The Hall–Kier alpha value is -1.95. The first-order chi connectivity index (χ1) is 12.4. The SMILES string of the molecule is CCOC(=O)[C@H]1N[C@@H](c2cccc(C(C)(C)C)c2)[C@@H]([N+](=O)[O-])[C@@H]1C(C)(C)C. The molecule has 1 N–H and O–H groups in total. The molecule has 4 atom stereocenters. The van der Waals surface area contributed by atoms with Crippen molar-refractivity contribution in [1.29, 1.82) is 0 Å². The standard InChI is InChI=1S/C21H32N2O4/c1-8-27-19(24)17-15(21(5,6)7)18(23(25)26)16(22-17)13-10-9-11-14(12-13)20(2,3)4/h9-12,15-18,22H,8H2,1-7H3/t15-,16+,17+,18+/m1/s1. The van der Waals surface area contributed by atoms with Gasteiger partial charge in [-0.15, -0.1) is 0 Å². The smallest absolute Gasteiger partial charge is 0.323 e. The summed E-state index contributed by atoms with van der Waals surface area (Å²) in [4.78, 5) is 24.4. The highest BCUT2D eigenvalue weighted by Crippen LogP contribution is 2.44. The zero-order valence-corrected chi connectivity index (χ0v) is 17.4. The Morgan fingerprint density at radius 3 is 2.33 bits per heavy atom. The second-order valence-corrected chi connectivity index (χ2v) is 9.42. The zero-order chi connectivity index (χ0) is 20.6. The molecule has 0 bridgehead atoms. The number of nitrogens with one attached hydrogen (secondary N) is 1. The van der Waals surface area contributed by atoms with Crippen LogP contribution in [0.15, 0.2) is 24.3 Å². The van der Waals surface area contributed by atoms with E-state index in [0.29, 0.717) is 0 Å².